The van der Waals surface area contributed by atoms with Gasteiger partial charge in [0, 0.05) is 36.3 Å². The van der Waals surface area contributed by atoms with Gasteiger partial charge in [0.25, 0.3) is 0 Å². The summed E-state index contributed by atoms with van der Waals surface area (Å²) in [7, 11) is 0. The molecule has 1 N–H and O–H groups in total. The van der Waals surface area contributed by atoms with Crippen LogP contribution in [0.15, 0.2) is 36.5 Å². The lowest BCUT2D eigenvalue weighted by molar-refractivity contribution is 0.168. The van der Waals surface area contributed by atoms with E-state index in [0.717, 1.165) is 13.0 Å². The van der Waals surface area contributed by atoms with E-state index in [-0.39, 0.29) is 0 Å². The molecular formula is C15H17N3. The van der Waals surface area contributed by atoms with Crippen LogP contribution in [0, 0.1) is 0 Å². The van der Waals surface area contributed by atoms with Crippen LogP contribution in [-0.4, -0.2) is 21.1 Å². The first kappa shape index (κ1) is 10.3. The third-order valence-electron chi connectivity index (χ3n) is 4.40. The summed E-state index contributed by atoms with van der Waals surface area (Å²) in [6, 6.07) is 12.1. The van der Waals surface area contributed by atoms with Gasteiger partial charge < -0.3 is 0 Å². The Labute approximate surface area is 107 Å². The molecule has 0 saturated carbocycles. The van der Waals surface area contributed by atoms with Gasteiger partial charge in [-0.3, -0.25) is 10.00 Å². The summed E-state index contributed by atoms with van der Waals surface area (Å²) in [5, 5.41) is 7.38. The molecule has 1 fully saturated rings. The van der Waals surface area contributed by atoms with Crippen molar-refractivity contribution in [2.75, 3.05) is 0 Å². The lowest BCUT2D eigenvalue weighted by Gasteiger charge is -2.34. The lowest BCUT2D eigenvalue weighted by Crippen LogP contribution is -2.36. The van der Waals surface area contributed by atoms with Crippen LogP contribution in [0.3, 0.4) is 0 Å². The van der Waals surface area contributed by atoms with Gasteiger partial charge in [0.2, 0.25) is 0 Å². The van der Waals surface area contributed by atoms with Crippen LogP contribution in [0.1, 0.15) is 35.7 Å². The third-order valence-corrected chi connectivity index (χ3v) is 4.40. The van der Waals surface area contributed by atoms with E-state index in [1.54, 1.807) is 0 Å². The van der Waals surface area contributed by atoms with Crippen LogP contribution in [-0.2, 0) is 13.0 Å². The van der Waals surface area contributed by atoms with Crippen LogP contribution in [0.2, 0.25) is 0 Å². The van der Waals surface area contributed by atoms with Crippen LogP contribution in [0.4, 0.5) is 0 Å². The monoisotopic (exact) mass is 239 g/mol. The molecular weight excluding hydrogens is 222 g/mol. The molecule has 0 spiro atoms. The first-order valence-electron chi connectivity index (χ1n) is 6.73. The maximum absolute atomic E-state index is 4.21. The Balaban J connectivity index is 1.64. The number of hydrogen-bond acceptors (Lipinski definition) is 2. The van der Waals surface area contributed by atoms with Gasteiger partial charge >= 0.3 is 0 Å². The van der Waals surface area contributed by atoms with Crippen LogP contribution in [0.25, 0.3) is 0 Å². The molecule has 4 rings (SSSR count). The average molecular weight is 239 g/mol. The molecule has 2 aliphatic rings. The van der Waals surface area contributed by atoms with Crippen molar-refractivity contribution in [1.82, 2.24) is 15.1 Å². The quantitative estimate of drug-likeness (QED) is 0.873. The highest BCUT2D eigenvalue weighted by Crippen LogP contribution is 2.43. The number of fused-ring (bicyclic) bond motifs is 4. The molecule has 2 atom stereocenters. The second kappa shape index (κ2) is 3.95. The lowest BCUT2D eigenvalue weighted by atomic mass is 9.99. The zero-order chi connectivity index (χ0) is 11.9. The van der Waals surface area contributed by atoms with Crippen molar-refractivity contribution in [1.29, 1.82) is 0 Å². The summed E-state index contributed by atoms with van der Waals surface area (Å²) in [6.07, 6.45) is 5.77. The minimum absolute atomic E-state index is 0.581. The standard InChI is InChI=1S/C15H17N3/c1-2-4-11(5-3-1)10-18-12-6-7-15(18)13-9-16-17-14(13)8-12/h1-5,9,12,15H,6-8,10H2,(H,16,17)/t12-,15-/m0/s1. The summed E-state index contributed by atoms with van der Waals surface area (Å²) in [6.45, 7) is 1.07. The molecule has 1 aromatic carbocycles. The number of nitrogens with one attached hydrogen (secondary N) is 1. The Kier molecular flexibility index (Phi) is 2.27. The number of rotatable bonds is 2. The number of benzene rings is 1. The predicted molar refractivity (Wildman–Crippen MR) is 70.0 cm³/mol. The molecule has 0 radical (unpaired) electrons. The largest absolute Gasteiger partial charge is 0.289 e. The molecule has 3 nitrogen and oxygen atoms in total. The van der Waals surface area contributed by atoms with E-state index >= 15 is 0 Å². The summed E-state index contributed by atoms with van der Waals surface area (Å²) < 4.78 is 0. The van der Waals surface area contributed by atoms with Crippen molar-refractivity contribution in [2.45, 2.75) is 37.9 Å². The SMILES string of the molecule is c1ccc(CN2[C@H]3CC[C@H]2c2cn[nH]c2C3)cc1. The van der Waals surface area contributed by atoms with Crippen molar-refractivity contribution in [3.63, 3.8) is 0 Å². The van der Waals surface area contributed by atoms with Gasteiger partial charge in [0.1, 0.15) is 0 Å². The summed E-state index contributed by atoms with van der Waals surface area (Å²) in [5.74, 6) is 0. The van der Waals surface area contributed by atoms with Gasteiger partial charge in [0.15, 0.2) is 0 Å². The van der Waals surface area contributed by atoms with Gasteiger partial charge in [-0.05, 0) is 18.4 Å². The van der Waals surface area contributed by atoms with Crippen LogP contribution < -0.4 is 0 Å². The molecule has 0 aliphatic carbocycles. The smallest absolute Gasteiger partial charge is 0.0538 e. The molecule has 0 amide bonds. The Morgan fingerprint density at radius 2 is 2.11 bits per heavy atom. The Morgan fingerprint density at radius 3 is 3.00 bits per heavy atom. The Hall–Kier alpha value is -1.61. The topological polar surface area (TPSA) is 31.9 Å². The molecule has 1 saturated heterocycles. The summed E-state index contributed by atoms with van der Waals surface area (Å²) in [4.78, 5) is 2.66. The second-order valence-electron chi connectivity index (χ2n) is 5.41. The highest BCUT2D eigenvalue weighted by Gasteiger charge is 2.40. The van der Waals surface area contributed by atoms with Gasteiger partial charge in [-0.1, -0.05) is 30.3 Å². The van der Waals surface area contributed by atoms with Gasteiger partial charge in [-0.2, -0.15) is 5.10 Å². The zero-order valence-electron chi connectivity index (χ0n) is 10.3. The van der Waals surface area contributed by atoms with Crippen molar-refractivity contribution in [3.8, 4) is 0 Å². The third kappa shape index (κ3) is 1.51. The summed E-state index contributed by atoms with van der Waals surface area (Å²) >= 11 is 0. The highest BCUT2D eigenvalue weighted by atomic mass is 15.2. The van der Waals surface area contributed by atoms with E-state index in [4.69, 9.17) is 0 Å². The minimum Gasteiger partial charge on any atom is -0.289 e. The number of aromatic nitrogens is 2. The number of hydrogen-bond donors (Lipinski definition) is 1. The first-order valence-corrected chi connectivity index (χ1v) is 6.73. The maximum atomic E-state index is 4.21. The number of nitrogens with zero attached hydrogens (tertiary/aromatic N) is 2. The van der Waals surface area contributed by atoms with Crippen LogP contribution in [0.5, 0.6) is 0 Å². The second-order valence-corrected chi connectivity index (χ2v) is 5.41. The van der Waals surface area contributed by atoms with Gasteiger partial charge in [-0.15, -0.1) is 0 Å². The molecule has 3 heteroatoms. The average Bonchev–Trinajstić information content (AvgIpc) is 2.97. The van der Waals surface area contributed by atoms with Crippen LogP contribution >= 0.6 is 0 Å². The number of aromatic amines is 1. The van der Waals surface area contributed by atoms with E-state index in [1.165, 1.54) is 29.7 Å². The fourth-order valence-electron chi connectivity index (χ4n) is 3.53. The Morgan fingerprint density at radius 1 is 1.22 bits per heavy atom. The van der Waals surface area contributed by atoms with E-state index in [1.807, 2.05) is 6.20 Å². The normalized spacial score (nSPS) is 26.2. The number of H-pyrrole nitrogens is 1. The van der Waals surface area contributed by atoms with Gasteiger partial charge in [0.05, 0.1) is 6.20 Å². The predicted octanol–water partition coefficient (Wildman–Crippen LogP) is 2.67. The van der Waals surface area contributed by atoms with E-state index < -0.39 is 0 Å². The highest BCUT2D eigenvalue weighted by molar-refractivity contribution is 5.28. The van der Waals surface area contributed by atoms with Crippen molar-refractivity contribution in [2.24, 2.45) is 0 Å². The Bertz CT molecular complexity index is 546. The molecule has 1 aromatic heterocycles. The van der Waals surface area contributed by atoms with Gasteiger partial charge in [-0.25, -0.2) is 0 Å². The molecule has 2 aromatic rings. The van der Waals surface area contributed by atoms with E-state index in [2.05, 4.69) is 45.4 Å². The minimum atomic E-state index is 0.581. The first-order chi connectivity index (χ1) is 8.92. The van der Waals surface area contributed by atoms with E-state index in [9.17, 15) is 0 Å². The summed E-state index contributed by atoms with van der Waals surface area (Å²) in [5.41, 5.74) is 4.22. The van der Waals surface area contributed by atoms with Crippen molar-refractivity contribution >= 4 is 0 Å². The molecule has 0 unspecified atom stereocenters. The molecule has 3 heterocycles. The molecule has 2 aliphatic heterocycles. The fraction of sp³-hybridized carbons (Fsp3) is 0.400. The fourth-order valence-corrected chi connectivity index (χ4v) is 3.53. The van der Waals surface area contributed by atoms with E-state index in [0.29, 0.717) is 12.1 Å². The van der Waals surface area contributed by atoms with Crippen molar-refractivity contribution < 1.29 is 0 Å². The maximum Gasteiger partial charge on any atom is 0.0538 e. The zero-order valence-corrected chi connectivity index (χ0v) is 10.3. The molecule has 2 bridgehead atoms. The molecule has 18 heavy (non-hydrogen) atoms. The molecule has 92 valence electrons. The van der Waals surface area contributed by atoms with Crippen molar-refractivity contribution in [3.05, 3.63) is 53.3 Å².